The number of hydrogen-bond acceptors (Lipinski definition) is 4. The van der Waals surface area contributed by atoms with E-state index in [9.17, 15) is 9.59 Å². The van der Waals surface area contributed by atoms with E-state index in [4.69, 9.17) is 27.9 Å². The fraction of sp³-hybridized carbons (Fsp3) is 0.429. The maximum absolute atomic E-state index is 13.0. The maximum Gasteiger partial charge on any atom is 0.312 e. The number of nitrogens with zero attached hydrogens (tertiary/aromatic N) is 1. The maximum atomic E-state index is 13.0. The lowest BCUT2D eigenvalue weighted by atomic mass is 9.70. The molecular weight excluding hydrogens is 385 g/mol. The lowest BCUT2D eigenvalue weighted by Gasteiger charge is -2.45. The van der Waals surface area contributed by atoms with Crippen LogP contribution in [0, 0.1) is 5.92 Å². The van der Waals surface area contributed by atoms with Gasteiger partial charge in [0.05, 0.1) is 22.1 Å². The van der Waals surface area contributed by atoms with Crippen LogP contribution in [0.2, 0.25) is 10.0 Å². The van der Waals surface area contributed by atoms with Crippen molar-refractivity contribution in [3.05, 3.63) is 57.2 Å². The summed E-state index contributed by atoms with van der Waals surface area (Å²) in [6, 6.07) is 5.15. The summed E-state index contributed by atoms with van der Waals surface area (Å²) in [5, 5.41) is 0.773. The second kappa shape index (κ2) is 7.69. The molecule has 4 nitrogen and oxygen atoms in total. The molecule has 6 heteroatoms. The van der Waals surface area contributed by atoms with Crippen LogP contribution in [0.1, 0.15) is 38.7 Å². The van der Waals surface area contributed by atoms with E-state index in [-0.39, 0.29) is 23.9 Å². The zero-order chi connectivity index (χ0) is 19.9. The van der Waals surface area contributed by atoms with Crippen LogP contribution in [0.3, 0.4) is 0 Å². The van der Waals surface area contributed by atoms with E-state index >= 15 is 0 Å². The Hall–Kier alpha value is -1.78. The molecule has 1 aliphatic heterocycles. The van der Waals surface area contributed by atoms with Gasteiger partial charge in [-0.05, 0) is 38.5 Å². The minimum atomic E-state index is -0.567. The van der Waals surface area contributed by atoms with Crippen LogP contribution < -0.4 is 0 Å². The van der Waals surface area contributed by atoms with Crippen LogP contribution in [-0.4, -0.2) is 35.8 Å². The van der Waals surface area contributed by atoms with E-state index in [2.05, 4.69) is 0 Å². The SMILES string of the molecule is CC(C)OC(=O)C1C(c2cccc(Cl)c2Cl)C2=C(C=CCC2=O)N(C)C1C. The number of carbonyl (C=O) groups is 2. The van der Waals surface area contributed by atoms with Gasteiger partial charge >= 0.3 is 5.97 Å². The quantitative estimate of drug-likeness (QED) is 0.677. The average molecular weight is 408 g/mol. The van der Waals surface area contributed by atoms with Crippen molar-refractivity contribution in [2.75, 3.05) is 7.05 Å². The Morgan fingerprint density at radius 1 is 1.30 bits per heavy atom. The minimum Gasteiger partial charge on any atom is -0.463 e. The van der Waals surface area contributed by atoms with Gasteiger partial charge in [-0.1, -0.05) is 41.4 Å². The van der Waals surface area contributed by atoms with E-state index in [0.29, 0.717) is 27.6 Å². The van der Waals surface area contributed by atoms with Crippen molar-refractivity contribution in [2.45, 2.75) is 45.3 Å². The van der Waals surface area contributed by atoms with Crippen molar-refractivity contribution in [2.24, 2.45) is 5.92 Å². The molecule has 0 amide bonds. The summed E-state index contributed by atoms with van der Waals surface area (Å²) in [7, 11) is 1.90. The molecular formula is C21H23Cl2NO3. The molecule has 0 N–H and O–H groups in total. The number of hydrogen-bond donors (Lipinski definition) is 0. The van der Waals surface area contributed by atoms with Crippen molar-refractivity contribution < 1.29 is 14.3 Å². The van der Waals surface area contributed by atoms with Crippen molar-refractivity contribution in [3.8, 4) is 0 Å². The van der Waals surface area contributed by atoms with Crippen molar-refractivity contribution in [3.63, 3.8) is 0 Å². The van der Waals surface area contributed by atoms with Gasteiger partial charge in [-0.25, -0.2) is 0 Å². The topological polar surface area (TPSA) is 46.6 Å². The molecule has 2 aliphatic rings. The first-order chi connectivity index (χ1) is 12.7. The highest BCUT2D eigenvalue weighted by molar-refractivity contribution is 6.42. The molecule has 0 bridgehead atoms. The lowest BCUT2D eigenvalue weighted by molar-refractivity contribution is -0.155. The molecule has 3 atom stereocenters. The number of Topliss-reactive ketones (excluding diaryl/α,β-unsaturated/α-hetero) is 1. The van der Waals surface area contributed by atoms with Gasteiger partial charge in [0, 0.05) is 36.7 Å². The molecule has 1 aromatic rings. The summed E-state index contributed by atoms with van der Waals surface area (Å²) in [6.07, 6.45) is 3.86. The molecule has 0 saturated carbocycles. The number of carbonyl (C=O) groups excluding carboxylic acids is 2. The van der Waals surface area contributed by atoms with Gasteiger partial charge in [0.25, 0.3) is 0 Å². The summed E-state index contributed by atoms with van der Waals surface area (Å²) in [6.45, 7) is 5.60. The predicted molar refractivity (Wildman–Crippen MR) is 107 cm³/mol. The van der Waals surface area contributed by atoms with Gasteiger partial charge in [-0.3, -0.25) is 9.59 Å². The zero-order valence-electron chi connectivity index (χ0n) is 15.8. The van der Waals surface area contributed by atoms with Gasteiger partial charge in [0.2, 0.25) is 0 Å². The normalized spacial score (nSPS) is 25.1. The van der Waals surface area contributed by atoms with Gasteiger partial charge in [0.15, 0.2) is 5.78 Å². The van der Waals surface area contributed by atoms with Gasteiger partial charge in [0.1, 0.15) is 0 Å². The first-order valence-electron chi connectivity index (χ1n) is 9.05. The predicted octanol–water partition coefficient (Wildman–Crippen LogP) is 4.76. The standard InChI is InChI=1S/C21H23Cl2NO3/c1-11(2)27-21(26)17-12(3)24(4)15-9-6-10-16(25)19(15)18(17)13-7-5-8-14(22)20(13)23/h5-9,11-12,17-18H,10H2,1-4H3. The van der Waals surface area contributed by atoms with E-state index in [1.165, 1.54) is 0 Å². The molecule has 0 saturated heterocycles. The van der Waals surface area contributed by atoms with Crippen molar-refractivity contribution >= 4 is 35.0 Å². The van der Waals surface area contributed by atoms with Gasteiger partial charge in [-0.15, -0.1) is 0 Å². The summed E-state index contributed by atoms with van der Waals surface area (Å²) >= 11 is 12.8. The molecule has 3 unspecified atom stereocenters. The Morgan fingerprint density at radius 3 is 2.67 bits per heavy atom. The number of esters is 1. The second-order valence-corrected chi connectivity index (χ2v) is 8.10. The highest BCUT2D eigenvalue weighted by Crippen LogP contribution is 2.48. The Labute approximate surface area is 169 Å². The van der Waals surface area contributed by atoms with Crippen LogP contribution in [0.4, 0.5) is 0 Å². The first-order valence-corrected chi connectivity index (χ1v) is 9.80. The van der Waals surface area contributed by atoms with Crippen LogP contribution in [-0.2, 0) is 14.3 Å². The Balaban J connectivity index is 2.24. The third-order valence-corrected chi connectivity index (χ3v) is 6.11. The molecule has 0 radical (unpaired) electrons. The zero-order valence-corrected chi connectivity index (χ0v) is 17.3. The molecule has 0 spiro atoms. The number of ether oxygens (including phenoxy) is 1. The molecule has 1 aromatic carbocycles. The summed E-state index contributed by atoms with van der Waals surface area (Å²) in [5.74, 6) is -1.40. The highest BCUT2D eigenvalue weighted by atomic mass is 35.5. The van der Waals surface area contributed by atoms with E-state index in [0.717, 1.165) is 5.70 Å². The summed E-state index contributed by atoms with van der Waals surface area (Å²) in [5.41, 5.74) is 2.12. The molecule has 0 aromatic heterocycles. The number of likely N-dealkylation sites (N-methyl/N-ethyl adjacent to an activating group) is 1. The summed E-state index contributed by atoms with van der Waals surface area (Å²) in [4.78, 5) is 27.9. The number of halogens is 2. The average Bonchev–Trinajstić information content (AvgIpc) is 2.60. The number of rotatable bonds is 3. The van der Waals surface area contributed by atoms with E-state index in [1.54, 1.807) is 12.1 Å². The van der Waals surface area contributed by atoms with Crippen molar-refractivity contribution in [1.82, 2.24) is 4.90 Å². The Morgan fingerprint density at radius 2 is 2.00 bits per heavy atom. The minimum absolute atomic E-state index is 0.00496. The molecule has 3 rings (SSSR count). The van der Waals surface area contributed by atoms with Crippen LogP contribution in [0.5, 0.6) is 0 Å². The Kier molecular flexibility index (Phi) is 5.68. The molecule has 0 fully saturated rings. The lowest BCUT2D eigenvalue weighted by Crippen LogP contribution is -2.49. The smallest absolute Gasteiger partial charge is 0.312 e. The first kappa shape index (κ1) is 20.0. The van der Waals surface area contributed by atoms with E-state index < -0.39 is 11.8 Å². The van der Waals surface area contributed by atoms with Crippen molar-refractivity contribution in [1.29, 1.82) is 0 Å². The monoisotopic (exact) mass is 407 g/mol. The Bertz CT molecular complexity index is 844. The molecule has 144 valence electrons. The summed E-state index contributed by atoms with van der Waals surface area (Å²) < 4.78 is 5.55. The molecule has 27 heavy (non-hydrogen) atoms. The number of benzene rings is 1. The van der Waals surface area contributed by atoms with Gasteiger partial charge < -0.3 is 9.64 Å². The molecule has 1 heterocycles. The van der Waals surface area contributed by atoms with Gasteiger partial charge in [-0.2, -0.15) is 0 Å². The fourth-order valence-electron chi connectivity index (χ4n) is 3.93. The molecule has 1 aliphatic carbocycles. The van der Waals surface area contributed by atoms with Crippen LogP contribution in [0.15, 0.2) is 41.6 Å². The number of allylic oxidation sites excluding steroid dienone is 3. The highest BCUT2D eigenvalue weighted by Gasteiger charge is 2.47. The largest absolute Gasteiger partial charge is 0.463 e. The van der Waals surface area contributed by atoms with Crippen LogP contribution >= 0.6 is 23.2 Å². The fourth-order valence-corrected chi connectivity index (χ4v) is 4.36. The second-order valence-electron chi connectivity index (χ2n) is 7.31. The number of ketones is 1. The third kappa shape index (κ3) is 3.53. The third-order valence-electron chi connectivity index (χ3n) is 5.28. The van der Waals surface area contributed by atoms with E-state index in [1.807, 2.05) is 50.9 Å². The van der Waals surface area contributed by atoms with Crippen LogP contribution in [0.25, 0.3) is 0 Å².